The van der Waals surface area contributed by atoms with Crippen LogP contribution >= 0.6 is 11.9 Å². The number of nitrogens with one attached hydrogen (secondary N) is 1. The number of alkyl carbamates (subject to hydrolysis) is 1. The van der Waals surface area contributed by atoms with Crippen molar-refractivity contribution >= 4 is 18.0 Å². The van der Waals surface area contributed by atoms with Crippen LogP contribution in [-0.4, -0.2) is 47.3 Å². The van der Waals surface area contributed by atoms with E-state index in [1.807, 2.05) is 36.4 Å². The lowest BCUT2D eigenvalue weighted by molar-refractivity contribution is 0.0951. The molecule has 0 saturated heterocycles. The number of benzene rings is 3. The van der Waals surface area contributed by atoms with E-state index in [1.165, 1.54) is 22.1 Å². The van der Waals surface area contributed by atoms with E-state index in [-0.39, 0.29) is 6.61 Å². The highest BCUT2D eigenvalue weighted by atomic mass is 32.2. The van der Waals surface area contributed by atoms with Crippen molar-refractivity contribution in [2.45, 2.75) is 35.8 Å². The van der Waals surface area contributed by atoms with Crippen molar-refractivity contribution < 1.29 is 14.6 Å². The molecule has 1 heterocycles. The van der Waals surface area contributed by atoms with Gasteiger partial charge in [-0.2, -0.15) is 0 Å². The van der Waals surface area contributed by atoms with Crippen molar-refractivity contribution in [2.24, 2.45) is 0 Å². The van der Waals surface area contributed by atoms with Crippen LogP contribution in [-0.2, 0) is 17.6 Å². The predicted molar refractivity (Wildman–Crippen MR) is 141 cm³/mol. The first kappa shape index (κ1) is 25.0. The smallest absolute Gasteiger partial charge is 0.407 e. The second kappa shape index (κ2) is 12.6. The summed E-state index contributed by atoms with van der Waals surface area (Å²) in [6.45, 7) is 4.91. The van der Waals surface area contributed by atoms with Gasteiger partial charge in [0.2, 0.25) is 0 Å². The molecule has 0 bridgehead atoms. The van der Waals surface area contributed by atoms with Crippen LogP contribution in [0, 0.1) is 0 Å². The Morgan fingerprint density at radius 3 is 2.51 bits per heavy atom. The van der Waals surface area contributed by atoms with Crippen molar-refractivity contribution in [1.29, 1.82) is 0 Å². The zero-order valence-corrected chi connectivity index (χ0v) is 20.6. The molecule has 4 rings (SSSR count). The maximum atomic E-state index is 12.3. The summed E-state index contributed by atoms with van der Waals surface area (Å²) in [5.41, 5.74) is 3.64. The molecule has 3 aromatic rings. The van der Waals surface area contributed by atoms with Gasteiger partial charge in [-0.3, -0.25) is 0 Å². The number of amides is 1. The van der Waals surface area contributed by atoms with Crippen molar-refractivity contribution in [3.63, 3.8) is 0 Å². The summed E-state index contributed by atoms with van der Waals surface area (Å²) in [6, 6.07) is 28.4. The Hall–Kier alpha value is -3.06. The highest BCUT2D eigenvalue weighted by molar-refractivity contribution is 7.97. The quantitative estimate of drug-likeness (QED) is 0.319. The minimum Gasteiger partial charge on any atom is -0.445 e. The lowest BCUT2D eigenvalue weighted by atomic mass is 9.91. The monoisotopic (exact) mass is 488 g/mol. The summed E-state index contributed by atoms with van der Waals surface area (Å²) in [4.78, 5) is 13.5. The lowest BCUT2D eigenvalue weighted by Gasteiger charge is -2.30. The van der Waals surface area contributed by atoms with Gasteiger partial charge in [0.25, 0.3) is 0 Å². The minimum absolute atomic E-state index is 0.123. The topological polar surface area (TPSA) is 61.8 Å². The molecule has 0 aliphatic carbocycles. The molecule has 3 aromatic carbocycles. The second-order valence-electron chi connectivity index (χ2n) is 8.75. The molecule has 1 aliphatic rings. The number of rotatable bonds is 9. The van der Waals surface area contributed by atoms with E-state index < -0.39 is 18.2 Å². The van der Waals surface area contributed by atoms with Crippen molar-refractivity contribution in [1.82, 2.24) is 9.62 Å². The normalized spacial score (nSPS) is 17.5. The number of β-amino-alcohol motifs (C(OH)–C–C–N with tert-alkyl or cyclic N) is 1. The Balaban J connectivity index is 1.53. The predicted octanol–water partition coefficient (Wildman–Crippen LogP) is 5.22. The molecule has 0 aromatic heterocycles. The third kappa shape index (κ3) is 7.21. The van der Waals surface area contributed by atoms with Gasteiger partial charge in [0.15, 0.2) is 0 Å². The zero-order valence-electron chi connectivity index (χ0n) is 19.8. The van der Waals surface area contributed by atoms with Gasteiger partial charge in [0, 0.05) is 23.9 Å². The van der Waals surface area contributed by atoms with Crippen molar-refractivity contribution in [2.75, 3.05) is 19.7 Å². The van der Waals surface area contributed by atoms with Gasteiger partial charge >= 0.3 is 6.09 Å². The Bertz CT molecular complexity index is 1090. The molecule has 0 saturated carbocycles. The summed E-state index contributed by atoms with van der Waals surface area (Å²) in [5.74, 6) is 0.303. The molecule has 0 spiro atoms. The standard InChI is InChI=1S/C29H32N2O3S/c1-2-17-34-29(33)30-26(18-22-11-5-3-6-12-22)27(32)21-31-20-25(23-13-7-4-8-14-23)19-24-15-9-10-16-28(24)35-31/h2-16,25-27,32H,1,17-21H2,(H,30,33)/t25-,26+,27-/m1/s1. The number of hydrogen-bond acceptors (Lipinski definition) is 5. The third-order valence-corrected chi connectivity index (χ3v) is 7.30. The molecule has 0 fully saturated rings. The second-order valence-corrected chi connectivity index (χ2v) is 9.89. The SMILES string of the molecule is C=CCOC(=O)N[C@@H](Cc1ccccc1)[C@H](O)CN1C[C@H](c2ccccc2)Cc2ccccc2S1. The maximum absolute atomic E-state index is 12.3. The van der Waals surface area contributed by atoms with Gasteiger partial charge in [-0.15, -0.1) is 0 Å². The number of carbonyl (C=O) groups is 1. The molecule has 2 N–H and O–H groups in total. The molecular formula is C29H32N2O3S. The van der Waals surface area contributed by atoms with Gasteiger partial charge in [-0.05, 0) is 47.5 Å². The van der Waals surface area contributed by atoms with Crippen LogP contribution in [0.5, 0.6) is 0 Å². The zero-order chi connectivity index (χ0) is 24.5. The number of fused-ring (bicyclic) bond motifs is 1. The number of ether oxygens (including phenoxy) is 1. The summed E-state index contributed by atoms with van der Waals surface area (Å²) in [5, 5.41) is 14.2. The maximum Gasteiger partial charge on any atom is 0.407 e. The molecular weight excluding hydrogens is 456 g/mol. The average molecular weight is 489 g/mol. The number of carbonyl (C=O) groups excluding carboxylic acids is 1. The van der Waals surface area contributed by atoms with E-state index in [0.717, 1.165) is 18.5 Å². The molecule has 0 unspecified atom stereocenters. The van der Waals surface area contributed by atoms with Gasteiger partial charge in [-0.25, -0.2) is 9.10 Å². The van der Waals surface area contributed by atoms with Crippen LogP contribution in [0.1, 0.15) is 22.6 Å². The Kier molecular flexibility index (Phi) is 9.01. The van der Waals surface area contributed by atoms with Gasteiger partial charge in [-0.1, -0.05) is 91.5 Å². The summed E-state index contributed by atoms with van der Waals surface area (Å²) >= 11 is 1.68. The van der Waals surface area contributed by atoms with E-state index >= 15 is 0 Å². The van der Waals surface area contributed by atoms with Crippen LogP contribution in [0.3, 0.4) is 0 Å². The number of aliphatic hydroxyl groups excluding tert-OH is 1. The number of nitrogens with zero attached hydrogens (tertiary/aromatic N) is 1. The Morgan fingerprint density at radius 1 is 1.09 bits per heavy atom. The van der Waals surface area contributed by atoms with E-state index in [1.54, 1.807) is 11.9 Å². The van der Waals surface area contributed by atoms with Crippen LogP contribution in [0.4, 0.5) is 4.79 Å². The molecule has 3 atom stereocenters. The number of hydrogen-bond donors (Lipinski definition) is 2. The summed E-state index contributed by atoms with van der Waals surface area (Å²) in [6.07, 6.45) is 1.63. The van der Waals surface area contributed by atoms with Gasteiger partial charge in [0.05, 0.1) is 12.1 Å². The minimum atomic E-state index is -0.791. The third-order valence-electron chi connectivity index (χ3n) is 6.15. The number of aliphatic hydroxyl groups is 1. The Labute approximate surface area is 212 Å². The Morgan fingerprint density at radius 2 is 1.77 bits per heavy atom. The fraction of sp³-hybridized carbons (Fsp3) is 0.276. The summed E-state index contributed by atoms with van der Waals surface area (Å²) in [7, 11) is 0. The molecule has 0 radical (unpaired) electrons. The molecule has 35 heavy (non-hydrogen) atoms. The van der Waals surface area contributed by atoms with Gasteiger partial charge in [0.1, 0.15) is 6.61 Å². The highest BCUT2D eigenvalue weighted by Crippen LogP contribution is 2.36. The largest absolute Gasteiger partial charge is 0.445 e. The first-order valence-corrected chi connectivity index (χ1v) is 12.7. The van der Waals surface area contributed by atoms with Gasteiger partial charge < -0.3 is 15.2 Å². The van der Waals surface area contributed by atoms with E-state index in [4.69, 9.17) is 4.74 Å². The highest BCUT2D eigenvalue weighted by Gasteiger charge is 2.29. The van der Waals surface area contributed by atoms with Crippen molar-refractivity contribution in [3.05, 3.63) is 114 Å². The van der Waals surface area contributed by atoms with E-state index in [0.29, 0.717) is 18.9 Å². The lowest BCUT2D eigenvalue weighted by Crippen LogP contribution is -2.49. The van der Waals surface area contributed by atoms with Crippen molar-refractivity contribution in [3.8, 4) is 0 Å². The molecule has 182 valence electrons. The molecule has 5 nitrogen and oxygen atoms in total. The molecule has 6 heteroatoms. The fourth-order valence-electron chi connectivity index (χ4n) is 4.39. The first-order chi connectivity index (χ1) is 17.1. The molecule has 1 aliphatic heterocycles. The summed E-state index contributed by atoms with van der Waals surface area (Å²) < 4.78 is 7.37. The van der Waals surface area contributed by atoms with Crippen LogP contribution in [0.15, 0.2) is 102 Å². The average Bonchev–Trinajstić information content (AvgIpc) is 3.07. The fourth-order valence-corrected chi connectivity index (χ4v) is 5.56. The van der Waals surface area contributed by atoms with Crippen LogP contribution in [0.25, 0.3) is 0 Å². The van der Waals surface area contributed by atoms with Crippen LogP contribution in [0.2, 0.25) is 0 Å². The first-order valence-electron chi connectivity index (χ1n) is 11.9. The molecule has 1 amide bonds. The van der Waals surface area contributed by atoms with E-state index in [9.17, 15) is 9.90 Å². The van der Waals surface area contributed by atoms with E-state index in [2.05, 4.69) is 64.7 Å². The van der Waals surface area contributed by atoms with Crippen LogP contribution < -0.4 is 5.32 Å².